The molecule has 0 unspecified atom stereocenters. The molecule has 0 fully saturated rings. The van der Waals surface area contributed by atoms with Gasteiger partial charge in [0, 0.05) is 30.1 Å². The number of nitrogens with zero attached hydrogens (tertiary/aromatic N) is 1. The van der Waals surface area contributed by atoms with Gasteiger partial charge in [0.15, 0.2) is 0 Å². The summed E-state index contributed by atoms with van der Waals surface area (Å²) in [6.07, 6.45) is 31.9. The molecule has 0 aromatic heterocycles. The van der Waals surface area contributed by atoms with E-state index in [-0.39, 0.29) is 0 Å². The molecule has 236 valence electrons. The van der Waals surface area contributed by atoms with Gasteiger partial charge in [0.1, 0.15) is 5.75 Å². The highest BCUT2D eigenvalue weighted by atomic mass is 16.5. The summed E-state index contributed by atoms with van der Waals surface area (Å²) in [6.45, 7) is 16.8. The van der Waals surface area contributed by atoms with Gasteiger partial charge in [-0.2, -0.15) is 0 Å². The largest absolute Gasteiger partial charge is 0.494 e. The topological polar surface area (TPSA) is 12.5 Å². The molecule has 0 spiro atoms. The average molecular weight is 600 g/mol. The fraction of sp³-hybridized carbons (Fsp3) is 0.349. The van der Waals surface area contributed by atoms with Crippen LogP contribution >= 0.6 is 0 Å². The van der Waals surface area contributed by atoms with E-state index in [0.717, 1.165) is 43.4 Å². The third-order valence-electron chi connectivity index (χ3n) is 9.00. The first-order valence-electron chi connectivity index (χ1n) is 16.9. The van der Waals surface area contributed by atoms with Crippen LogP contribution in [0.4, 0.5) is 11.4 Å². The van der Waals surface area contributed by atoms with Crippen LogP contribution in [0.1, 0.15) is 93.9 Å². The summed E-state index contributed by atoms with van der Waals surface area (Å²) in [5.41, 5.74) is 13.0. The van der Waals surface area contributed by atoms with Crippen molar-refractivity contribution >= 4 is 23.0 Å². The van der Waals surface area contributed by atoms with E-state index < -0.39 is 0 Å². The molecule has 0 saturated heterocycles. The second-order valence-corrected chi connectivity index (χ2v) is 12.3. The molecular weight excluding hydrogens is 546 g/mol. The zero-order valence-corrected chi connectivity index (χ0v) is 28.0. The highest BCUT2D eigenvalue weighted by molar-refractivity contribution is 5.87. The number of unbranched alkanes of at least 4 members (excludes halogenated alkanes) is 5. The number of fused-ring (bicyclic) bond motifs is 1. The van der Waals surface area contributed by atoms with E-state index >= 15 is 0 Å². The lowest BCUT2D eigenvalue weighted by atomic mass is 9.87. The van der Waals surface area contributed by atoms with E-state index in [0.29, 0.717) is 6.61 Å². The second-order valence-electron chi connectivity index (χ2n) is 12.3. The Morgan fingerprint density at radius 3 is 2.53 bits per heavy atom. The van der Waals surface area contributed by atoms with Crippen molar-refractivity contribution in [1.29, 1.82) is 0 Å². The monoisotopic (exact) mass is 599 g/mol. The lowest BCUT2D eigenvalue weighted by Crippen LogP contribution is -2.14. The molecule has 0 atom stereocenters. The van der Waals surface area contributed by atoms with Crippen molar-refractivity contribution in [2.45, 2.75) is 84.5 Å². The van der Waals surface area contributed by atoms with Gasteiger partial charge >= 0.3 is 0 Å². The van der Waals surface area contributed by atoms with Crippen molar-refractivity contribution in [3.8, 4) is 5.75 Å². The average Bonchev–Trinajstić information content (AvgIpc) is 3.39. The summed E-state index contributed by atoms with van der Waals surface area (Å²) in [7, 11) is 2.21. The number of anilines is 2. The molecule has 2 aromatic carbocycles. The van der Waals surface area contributed by atoms with E-state index in [4.69, 9.17) is 4.74 Å². The van der Waals surface area contributed by atoms with E-state index in [2.05, 4.69) is 118 Å². The van der Waals surface area contributed by atoms with Crippen LogP contribution in [0.25, 0.3) is 11.6 Å². The molecule has 2 nitrogen and oxygen atoms in total. The van der Waals surface area contributed by atoms with Crippen LogP contribution in [-0.4, -0.2) is 13.7 Å². The van der Waals surface area contributed by atoms with E-state index in [1.807, 2.05) is 12.2 Å². The van der Waals surface area contributed by atoms with Gasteiger partial charge < -0.3 is 9.64 Å². The Morgan fingerprint density at radius 2 is 1.76 bits per heavy atom. The van der Waals surface area contributed by atoms with Crippen molar-refractivity contribution in [3.05, 3.63) is 138 Å². The van der Waals surface area contributed by atoms with Crippen LogP contribution in [0.3, 0.4) is 0 Å². The van der Waals surface area contributed by atoms with Gasteiger partial charge in [0.05, 0.1) is 6.61 Å². The number of allylic oxidation sites excluding steroid dienone is 12. The fourth-order valence-electron chi connectivity index (χ4n) is 6.38. The number of ether oxygens (including phenoxy) is 1. The summed E-state index contributed by atoms with van der Waals surface area (Å²) < 4.78 is 6.10. The minimum absolute atomic E-state index is 0.657. The molecule has 0 amide bonds. The van der Waals surface area contributed by atoms with Crippen LogP contribution in [-0.2, 0) is 12.8 Å². The molecule has 45 heavy (non-hydrogen) atoms. The molecule has 0 aliphatic heterocycles. The Hall–Kier alpha value is -4.04. The molecular formula is C43H53NO. The zero-order chi connectivity index (χ0) is 32.0. The number of rotatable bonds is 17. The maximum Gasteiger partial charge on any atom is 0.121 e. The summed E-state index contributed by atoms with van der Waals surface area (Å²) in [5.74, 6) is 0.949. The maximum atomic E-state index is 6.10. The molecule has 0 bridgehead atoms. The van der Waals surface area contributed by atoms with Crippen LogP contribution in [0.15, 0.2) is 115 Å². The normalized spacial score (nSPS) is 14.0. The summed E-state index contributed by atoms with van der Waals surface area (Å²) >= 11 is 0. The highest BCUT2D eigenvalue weighted by Gasteiger charge is 2.21. The van der Waals surface area contributed by atoms with E-state index in [1.54, 1.807) is 0 Å². The standard InChI is InChI=1S/C43H53NO/c1-7-20-37-31-38(25-19-22-34(37)5)43-41-26-18-14-17-24-36(41)27-28-42(43)44(6)39-29-35(30-40(32-39)45-9-3)23-16-13-11-10-12-15-21-33(4)8-2/h7-8,14,17-19,22,24-25,27-30,32H,1-2,4,9-13,15-16,20-21,23,26,31H2,3,5-6H3. The Bertz CT molecular complexity index is 1510. The van der Waals surface area contributed by atoms with Crippen molar-refractivity contribution < 1.29 is 4.74 Å². The molecule has 0 saturated carbocycles. The minimum Gasteiger partial charge on any atom is -0.494 e. The lowest BCUT2D eigenvalue weighted by molar-refractivity contribution is 0.340. The van der Waals surface area contributed by atoms with Crippen LogP contribution < -0.4 is 9.64 Å². The predicted molar refractivity (Wildman–Crippen MR) is 199 cm³/mol. The Balaban J connectivity index is 1.60. The predicted octanol–water partition coefficient (Wildman–Crippen LogP) is 12.2. The Labute approximate surface area is 273 Å². The molecule has 2 aliphatic carbocycles. The van der Waals surface area contributed by atoms with E-state index in [9.17, 15) is 0 Å². The molecule has 0 radical (unpaired) electrons. The summed E-state index contributed by atoms with van der Waals surface area (Å²) in [6, 6.07) is 11.4. The number of aryl methyl sites for hydroxylation is 1. The molecule has 2 aliphatic rings. The number of hydrogen-bond acceptors (Lipinski definition) is 2. The third kappa shape index (κ3) is 9.47. The van der Waals surface area contributed by atoms with Gasteiger partial charge in [0.25, 0.3) is 0 Å². The third-order valence-corrected chi connectivity index (χ3v) is 9.00. The fourth-order valence-corrected chi connectivity index (χ4v) is 6.38. The van der Waals surface area contributed by atoms with Crippen LogP contribution in [0, 0.1) is 0 Å². The molecule has 2 aromatic rings. The molecule has 4 rings (SSSR count). The highest BCUT2D eigenvalue weighted by Crippen LogP contribution is 2.42. The molecule has 2 heteroatoms. The van der Waals surface area contributed by atoms with E-state index in [1.165, 1.54) is 88.9 Å². The summed E-state index contributed by atoms with van der Waals surface area (Å²) in [4.78, 5) is 2.37. The van der Waals surface area contributed by atoms with Gasteiger partial charge in [-0.25, -0.2) is 0 Å². The van der Waals surface area contributed by atoms with Crippen molar-refractivity contribution in [3.63, 3.8) is 0 Å². The molecule has 0 heterocycles. The first kappa shape index (κ1) is 33.8. The number of hydrogen-bond donors (Lipinski definition) is 0. The van der Waals surface area contributed by atoms with Crippen LogP contribution in [0.5, 0.6) is 5.75 Å². The first-order valence-corrected chi connectivity index (χ1v) is 16.9. The smallest absolute Gasteiger partial charge is 0.121 e. The minimum atomic E-state index is 0.657. The quantitative estimate of drug-likeness (QED) is 0.102. The van der Waals surface area contributed by atoms with Gasteiger partial charge in [-0.1, -0.05) is 116 Å². The van der Waals surface area contributed by atoms with Crippen molar-refractivity contribution in [2.75, 3.05) is 18.6 Å². The van der Waals surface area contributed by atoms with Gasteiger partial charge in [-0.05, 0) is 99.3 Å². The molecule has 0 N–H and O–H groups in total. The summed E-state index contributed by atoms with van der Waals surface area (Å²) in [5, 5.41) is 0. The van der Waals surface area contributed by atoms with Crippen molar-refractivity contribution in [1.82, 2.24) is 0 Å². The zero-order valence-electron chi connectivity index (χ0n) is 28.0. The lowest BCUT2D eigenvalue weighted by Gasteiger charge is -2.28. The van der Waals surface area contributed by atoms with Crippen molar-refractivity contribution in [2.24, 2.45) is 0 Å². The van der Waals surface area contributed by atoms with Gasteiger partial charge in [0.2, 0.25) is 0 Å². The van der Waals surface area contributed by atoms with Gasteiger partial charge in [-0.15, -0.1) is 6.58 Å². The van der Waals surface area contributed by atoms with Gasteiger partial charge in [-0.3, -0.25) is 0 Å². The second kappa shape index (κ2) is 17.4. The maximum absolute atomic E-state index is 6.10. The Morgan fingerprint density at radius 1 is 0.956 bits per heavy atom. The Kier molecular flexibility index (Phi) is 13.1. The SMILES string of the molecule is C=CCC1=C(C)C=CC=C(c2c(N(C)c3cc(CCCCCCCCC(=C)C=C)cc(OCC)c3)ccc3c2CC=CC=C3)C1. The first-order chi connectivity index (χ1) is 21.9. The number of benzene rings is 2. The van der Waals surface area contributed by atoms with Crippen LogP contribution in [0.2, 0.25) is 0 Å².